The molecule has 0 N–H and O–H groups in total. The van der Waals surface area contributed by atoms with E-state index in [4.69, 9.17) is 4.52 Å². The van der Waals surface area contributed by atoms with Gasteiger partial charge in [-0.3, -0.25) is 4.79 Å². The minimum absolute atomic E-state index is 0.0303. The van der Waals surface area contributed by atoms with Crippen LogP contribution in [-0.4, -0.2) is 10.9 Å². The van der Waals surface area contributed by atoms with E-state index in [9.17, 15) is 4.79 Å². The van der Waals surface area contributed by atoms with Crippen LogP contribution in [0.25, 0.3) is 11.3 Å². The molecule has 0 spiro atoms. The highest BCUT2D eigenvalue weighted by atomic mass is 16.5. The van der Waals surface area contributed by atoms with Crippen molar-refractivity contribution in [2.45, 2.75) is 33.1 Å². The zero-order valence-electron chi connectivity index (χ0n) is 10.9. The third-order valence-electron chi connectivity index (χ3n) is 3.30. The van der Waals surface area contributed by atoms with Gasteiger partial charge in [0.15, 0.2) is 11.5 Å². The SMILES string of the molecule is CCC(C)c1ccc(-c2oncc2C(C)=O)cc1. The molecule has 1 aromatic carbocycles. The average Bonchev–Trinajstić information content (AvgIpc) is 2.87. The van der Waals surface area contributed by atoms with Gasteiger partial charge < -0.3 is 4.52 Å². The van der Waals surface area contributed by atoms with Crippen LogP contribution in [0.4, 0.5) is 0 Å². The summed E-state index contributed by atoms with van der Waals surface area (Å²) >= 11 is 0. The van der Waals surface area contributed by atoms with Crippen molar-refractivity contribution in [1.29, 1.82) is 0 Å². The van der Waals surface area contributed by atoms with Gasteiger partial charge in [-0.1, -0.05) is 43.3 Å². The van der Waals surface area contributed by atoms with Crippen LogP contribution in [-0.2, 0) is 0 Å². The quantitative estimate of drug-likeness (QED) is 0.760. The Morgan fingerprint density at radius 1 is 1.33 bits per heavy atom. The molecule has 0 bridgehead atoms. The fraction of sp³-hybridized carbons (Fsp3) is 0.333. The molecule has 3 heteroatoms. The maximum Gasteiger partial charge on any atom is 0.177 e. The van der Waals surface area contributed by atoms with E-state index in [1.807, 2.05) is 12.1 Å². The van der Waals surface area contributed by atoms with Crippen molar-refractivity contribution in [3.05, 3.63) is 41.6 Å². The van der Waals surface area contributed by atoms with Crippen LogP contribution in [0, 0.1) is 0 Å². The fourth-order valence-corrected chi connectivity index (χ4v) is 1.90. The number of hydrogen-bond acceptors (Lipinski definition) is 3. The zero-order valence-corrected chi connectivity index (χ0v) is 10.9. The summed E-state index contributed by atoms with van der Waals surface area (Å²) in [4.78, 5) is 11.4. The Kier molecular flexibility index (Phi) is 3.60. The summed E-state index contributed by atoms with van der Waals surface area (Å²) in [6.07, 6.45) is 2.58. The number of carbonyl (C=O) groups is 1. The second-order valence-electron chi connectivity index (χ2n) is 4.56. The number of ketones is 1. The van der Waals surface area contributed by atoms with E-state index in [-0.39, 0.29) is 5.78 Å². The van der Waals surface area contributed by atoms with Gasteiger partial charge in [0, 0.05) is 5.56 Å². The number of hydrogen-bond donors (Lipinski definition) is 0. The number of rotatable bonds is 4. The highest BCUT2D eigenvalue weighted by Crippen LogP contribution is 2.26. The summed E-state index contributed by atoms with van der Waals surface area (Å²) in [5.74, 6) is 1.07. The van der Waals surface area contributed by atoms with Gasteiger partial charge in [0.25, 0.3) is 0 Å². The molecule has 0 aliphatic rings. The molecule has 1 unspecified atom stereocenters. The van der Waals surface area contributed by atoms with E-state index in [1.54, 1.807) is 0 Å². The lowest BCUT2D eigenvalue weighted by Crippen LogP contribution is -1.93. The molecule has 94 valence electrons. The Morgan fingerprint density at radius 3 is 2.56 bits per heavy atom. The molecule has 0 radical (unpaired) electrons. The Labute approximate surface area is 107 Å². The second-order valence-corrected chi connectivity index (χ2v) is 4.56. The van der Waals surface area contributed by atoms with Gasteiger partial charge in [0.05, 0.1) is 11.8 Å². The van der Waals surface area contributed by atoms with Crippen molar-refractivity contribution in [3.8, 4) is 11.3 Å². The number of nitrogens with zero attached hydrogens (tertiary/aromatic N) is 1. The first-order valence-corrected chi connectivity index (χ1v) is 6.19. The maximum absolute atomic E-state index is 11.4. The molecule has 1 atom stereocenters. The Hall–Kier alpha value is -1.90. The fourth-order valence-electron chi connectivity index (χ4n) is 1.90. The molecule has 0 saturated carbocycles. The van der Waals surface area contributed by atoms with Gasteiger partial charge in [-0.15, -0.1) is 0 Å². The second kappa shape index (κ2) is 5.17. The normalized spacial score (nSPS) is 12.4. The van der Waals surface area contributed by atoms with Crippen molar-refractivity contribution in [1.82, 2.24) is 5.16 Å². The van der Waals surface area contributed by atoms with Gasteiger partial charge in [-0.25, -0.2) is 0 Å². The van der Waals surface area contributed by atoms with Crippen molar-refractivity contribution in [2.75, 3.05) is 0 Å². The van der Waals surface area contributed by atoms with E-state index in [1.165, 1.54) is 18.7 Å². The van der Waals surface area contributed by atoms with Gasteiger partial charge in [0.2, 0.25) is 0 Å². The molecule has 1 heterocycles. The van der Waals surface area contributed by atoms with Crippen LogP contribution >= 0.6 is 0 Å². The summed E-state index contributed by atoms with van der Waals surface area (Å²) in [6.45, 7) is 5.89. The predicted octanol–water partition coefficient (Wildman–Crippen LogP) is 4.06. The van der Waals surface area contributed by atoms with Gasteiger partial charge >= 0.3 is 0 Å². The molecule has 2 aromatic rings. The van der Waals surface area contributed by atoms with Crippen molar-refractivity contribution in [3.63, 3.8) is 0 Å². The molecule has 1 aromatic heterocycles. The number of aromatic nitrogens is 1. The highest BCUT2D eigenvalue weighted by molar-refractivity contribution is 5.99. The minimum atomic E-state index is -0.0303. The van der Waals surface area contributed by atoms with E-state index < -0.39 is 0 Å². The summed E-state index contributed by atoms with van der Waals surface area (Å²) in [5, 5.41) is 3.70. The van der Waals surface area contributed by atoms with Crippen LogP contribution in [0.1, 0.15) is 49.0 Å². The van der Waals surface area contributed by atoms with Crippen LogP contribution in [0.2, 0.25) is 0 Å². The molecule has 3 nitrogen and oxygen atoms in total. The molecule has 0 aliphatic heterocycles. The van der Waals surface area contributed by atoms with E-state index >= 15 is 0 Å². The Morgan fingerprint density at radius 2 is 2.00 bits per heavy atom. The van der Waals surface area contributed by atoms with Crippen molar-refractivity contribution in [2.24, 2.45) is 0 Å². The predicted molar refractivity (Wildman–Crippen MR) is 70.6 cm³/mol. The first-order valence-electron chi connectivity index (χ1n) is 6.19. The van der Waals surface area contributed by atoms with E-state index in [2.05, 4.69) is 31.1 Å². The molecule has 18 heavy (non-hydrogen) atoms. The topological polar surface area (TPSA) is 43.1 Å². The lowest BCUT2D eigenvalue weighted by Gasteiger charge is -2.09. The van der Waals surface area contributed by atoms with Gasteiger partial charge in [0.1, 0.15) is 0 Å². The molecular formula is C15H17NO2. The number of benzene rings is 1. The van der Waals surface area contributed by atoms with Crippen LogP contribution < -0.4 is 0 Å². The molecule has 0 saturated heterocycles. The van der Waals surface area contributed by atoms with Crippen molar-refractivity contribution < 1.29 is 9.32 Å². The number of Topliss-reactive ketones (excluding diaryl/α,β-unsaturated/α-hetero) is 1. The van der Waals surface area contributed by atoms with E-state index in [0.29, 0.717) is 17.2 Å². The smallest absolute Gasteiger partial charge is 0.177 e. The summed E-state index contributed by atoms with van der Waals surface area (Å²) < 4.78 is 5.17. The first-order chi connectivity index (χ1) is 8.63. The Balaban J connectivity index is 2.34. The summed E-state index contributed by atoms with van der Waals surface area (Å²) in [5.41, 5.74) is 2.72. The minimum Gasteiger partial charge on any atom is -0.356 e. The Bertz CT molecular complexity index is 540. The summed E-state index contributed by atoms with van der Waals surface area (Å²) in [7, 11) is 0. The average molecular weight is 243 g/mol. The molecule has 0 amide bonds. The third-order valence-corrected chi connectivity index (χ3v) is 3.30. The zero-order chi connectivity index (χ0) is 13.1. The molecule has 2 rings (SSSR count). The van der Waals surface area contributed by atoms with Crippen LogP contribution in [0.3, 0.4) is 0 Å². The van der Waals surface area contributed by atoms with Gasteiger partial charge in [-0.05, 0) is 24.8 Å². The largest absolute Gasteiger partial charge is 0.356 e. The van der Waals surface area contributed by atoms with E-state index in [0.717, 1.165) is 12.0 Å². The van der Waals surface area contributed by atoms with Crippen LogP contribution in [0.15, 0.2) is 35.0 Å². The third kappa shape index (κ3) is 2.35. The molecule has 0 fully saturated rings. The molecule has 0 aliphatic carbocycles. The maximum atomic E-state index is 11.4. The van der Waals surface area contributed by atoms with Gasteiger partial charge in [-0.2, -0.15) is 0 Å². The standard InChI is InChI=1S/C15H17NO2/c1-4-10(2)12-5-7-13(8-6-12)15-14(11(3)17)9-16-18-15/h5-10H,4H2,1-3H3. The monoisotopic (exact) mass is 243 g/mol. The molecular weight excluding hydrogens is 226 g/mol. The lowest BCUT2D eigenvalue weighted by atomic mass is 9.96. The highest BCUT2D eigenvalue weighted by Gasteiger charge is 2.14. The van der Waals surface area contributed by atoms with Crippen LogP contribution in [0.5, 0.6) is 0 Å². The number of carbonyl (C=O) groups excluding carboxylic acids is 1. The summed E-state index contributed by atoms with van der Waals surface area (Å²) in [6, 6.07) is 8.12. The first kappa shape index (κ1) is 12.6. The van der Waals surface area contributed by atoms with Crippen molar-refractivity contribution >= 4 is 5.78 Å². The lowest BCUT2D eigenvalue weighted by molar-refractivity contribution is 0.101.